The second-order valence-electron chi connectivity index (χ2n) is 2.68. The second-order valence-corrected chi connectivity index (χ2v) is 2.68. The molecule has 0 amide bonds. The first kappa shape index (κ1) is 8.20. The molecule has 0 aliphatic carbocycles. The van der Waals surface area contributed by atoms with Crippen molar-refractivity contribution in [1.82, 2.24) is 4.90 Å². The fourth-order valence-corrected chi connectivity index (χ4v) is 1.33. The van der Waals surface area contributed by atoms with Crippen molar-refractivity contribution >= 4 is 12.7 Å². The van der Waals surface area contributed by atoms with E-state index in [2.05, 4.69) is 16.7 Å². The lowest BCUT2D eigenvalue weighted by Gasteiger charge is -2.14. The van der Waals surface area contributed by atoms with Crippen molar-refractivity contribution in [3.63, 3.8) is 0 Å². The Kier molecular flexibility index (Phi) is 2.59. The minimum absolute atomic E-state index is 0.111. The first-order chi connectivity index (χ1) is 5.25. The molecule has 0 aromatic heterocycles. The summed E-state index contributed by atoms with van der Waals surface area (Å²) in [6.45, 7) is 4.04. The van der Waals surface area contributed by atoms with Gasteiger partial charge in [-0.1, -0.05) is 5.16 Å². The molecule has 62 valence electrons. The first-order valence-electron chi connectivity index (χ1n) is 3.63. The van der Waals surface area contributed by atoms with Crippen LogP contribution >= 0.6 is 0 Å². The van der Waals surface area contributed by atoms with E-state index in [1.54, 1.807) is 0 Å². The largest absolute Gasteiger partial charge is 0.351 e. The smallest absolute Gasteiger partial charge is 0.317 e. The van der Waals surface area contributed by atoms with Crippen molar-refractivity contribution in [2.24, 2.45) is 5.16 Å². The highest BCUT2D eigenvalue weighted by Crippen LogP contribution is 2.15. The van der Waals surface area contributed by atoms with Crippen LogP contribution in [0.3, 0.4) is 0 Å². The third kappa shape index (κ3) is 1.77. The highest BCUT2D eigenvalue weighted by atomic mass is 16.7. The van der Waals surface area contributed by atoms with Gasteiger partial charge in [-0.15, -0.1) is 0 Å². The lowest BCUT2D eigenvalue weighted by atomic mass is 10.2. The van der Waals surface area contributed by atoms with E-state index in [1.165, 1.54) is 0 Å². The summed E-state index contributed by atoms with van der Waals surface area (Å²) in [6.07, 6.45) is 1.91. The van der Waals surface area contributed by atoms with Crippen LogP contribution in [0.15, 0.2) is 5.16 Å². The standard InChI is InChI=1S/C7H12N2O2/c1-8-11-7(10)6-4-3-5-9(6)2/h6H,1,3-5H2,2H3/t6-/m0/s1. The molecule has 1 aliphatic heterocycles. The van der Waals surface area contributed by atoms with Gasteiger partial charge in [0, 0.05) is 6.72 Å². The molecule has 1 fully saturated rings. The zero-order valence-corrected chi connectivity index (χ0v) is 6.62. The van der Waals surface area contributed by atoms with Gasteiger partial charge in [-0.2, -0.15) is 0 Å². The molecule has 1 heterocycles. The summed E-state index contributed by atoms with van der Waals surface area (Å²) >= 11 is 0. The summed E-state index contributed by atoms with van der Waals surface area (Å²) in [4.78, 5) is 17.5. The molecule has 0 aromatic rings. The predicted molar refractivity (Wildman–Crippen MR) is 41.3 cm³/mol. The number of likely N-dealkylation sites (tertiary alicyclic amines) is 1. The van der Waals surface area contributed by atoms with E-state index in [0.717, 1.165) is 19.4 Å². The average Bonchev–Trinajstić information content (AvgIpc) is 2.36. The molecule has 0 unspecified atom stereocenters. The summed E-state index contributed by atoms with van der Waals surface area (Å²) in [5.74, 6) is -0.292. The number of rotatable bonds is 2. The SMILES string of the molecule is C=NOC(=O)[C@@H]1CCCN1C. The molecule has 1 rings (SSSR count). The van der Waals surface area contributed by atoms with Gasteiger partial charge in [-0.3, -0.25) is 4.90 Å². The number of carbonyl (C=O) groups is 1. The number of nitrogens with zero attached hydrogens (tertiary/aromatic N) is 2. The van der Waals surface area contributed by atoms with Gasteiger partial charge in [0.25, 0.3) is 0 Å². The molecule has 0 saturated carbocycles. The molecule has 0 spiro atoms. The molecule has 0 aromatic carbocycles. The number of hydrogen-bond acceptors (Lipinski definition) is 4. The van der Waals surface area contributed by atoms with Crippen LogP contribution in [0.5, 0.6) is 0 Å². The molecular formula is C7H12N2O2. The van der Waals surface area contributed by atoms with Crippen LogP contribution in [-0.4, -0.2) is 37.2 Å². The van der Waals surface area contributed by atoms with Gasteiger partial charge < -0.3 is 4.84 Å². The monoisotopic (exact) mass is 156 g/mol. The Morgan fingerprint density at radius 1 is 1.82 bits per heavy atom. The van der Waals surface area contributed by atoms with E-state index in [1.807, 2.05) is 11.9 Å². The third-order valence-corrected chi connectivity index (χ3v) is 1.95. The van der Waals surface area contributed by atoms with Crippen LogP contribution in [0.25, 0.3) is 0 Å². The second kappa shape index (κ2) is 3.48. The van der Waals surface area contributed by atoms with Crippen molar-refractivity contribution in [1.29, 1.82) is 0 Å². The summed E-state index contributed by atoms with van der Waals surface area (Å²) in [7, 11) is 1.90. The van der Waals surface area contributed by atoms with Crippen LogP contribution in [0.1, 0.15) is 12.8 Å². The number of oxime groups is 1. The molecule has 4 nitrogen and oxygen atoms in total. The minimum Gasteiger partial charge on any atom is -0.317 e. The zero-order valence-electron chi connectivity index (χ0n) is 6.62. The summed E-state index contributed by atoms with van der Waals surface area (Å²) in [5.41, 5.74) is 0. The highest BCUT2D eigenvalue weighted by Gasteiger charge is 2.29. The van der Waals surface area contributed by atoms with Crippen LogP contribution in [0.4, 0.5) is 0 Å². The Balaban J connectivity index is 2.45. The molecule has 1 aliphatic rings. The zero-order chi connectivity index (χ0) is 8.27. The number of likely N-dealkylation sites (N-methyl/N-ethyl adjacent to an activating group) is 1. The maximum absolute atomic E-state index is 11.1. The Morgan fingerprint density at radius 2 is 2.55 bits per heavy atom. The summed E-state index contributed by atoms with van der Waals surface area (Å²) in [5, 5.41) is 3.09. The maximum Gasteiger partial charge on any atom is 0.351 e. The van der Waals surface area contributed by atoms with Crippen LogP contribution in [-0.2, 0) is 9.63 Å². The van der Waals surface area contributed by atoms with E-state index in [4.69, 9.17) is 0 Å². The Bertz CT molecular complexity index is 170. The molecule has 0 radical (unpaired) electrons. The molecule has 1 atom stereocenters. The van der Waals surface area contributed by atoms with E-state index >= 15 is 0 Å². The van der Waals surface area contributed by atoms with E-state index in [0.29, 0.717) is 0 Å². The first-order valence-corrected chi connectivity index (χ1v) is 3.63. The van der Waals surface area contributed by atoms with E-state index in [-0.39, 0.29) is 12.0 Å². The van der Waals surface area contributed by atoms with Crippen LogP contribution in [0.2, 0.25) is 0 Å². The molecule has 1 saturated heterocycles. The van der Waals surface area contributed by atoms with Crippen molar-refractivity contribution in [2.75, 3.05) is 13.6 Å². The van der Waals surface area contributed by atoms with Gasteiger partial charge in [-0.25, -0.2) is 4.79 Å². The molecule has 4 heteroatoms. The topological polar surface area (TPSA) is 41.9 Å². The van der Waals surface area contributed by atoms with Crippen LogP contribution in [0, 0.1) is 0 Å². The summed E-state index contributed by atoms with van der Waals surface area (Å²) in [6, 6.07) is -0.111. The van der Waals surface area contributed by atoms with Gasteiger partial charge >= 0.3 is 5.97 Å². The molecule has 0 bridgehead atoms. The lowest BCUT2D eigenvalue weighted by Crippen LogP contribution is -2.33. The average molecular weight is 156 g/mol. The Labute approximate surface area is 65.8 Å². The van der Waals surface area contributed by atoms with Gasteiger partial charge in [0.1, 0.15) is 6.04 Å². The quantitative estimate of drug-likeness (QED) is 0.327. The fraction of sp³-hybridized carbons (Fsp3) is 0.714. The van der Waals surface area contributed by atoms with Crippen molar-refractivity contribution < 1.29 is 9.63 Å². The maximum atomic E-state index is 11.1. The van der Waals surface area contributed by atoms with Crippen molar-refractivity contribution in [3.05, 3.63) is 0 Å². The normalized spacial score (nSPS) is 25.0. The Hall–Kier alpha value is -0.900. The molecule has 11 heavy (non-hydrogen) atoms. The van der Waals surface area contributed by atoms with E-state index < -0.39 is 0 Å². The lowest BCUT2D eigenvalue weighted by molar-refractivity contribution is -0.148. The Morgan fingerprint density at radius 3 is 3.00 bits per heavy atom. The molecule has 0 N–H and O–H groups in total. The van der Waals surface area contributed by atoms with Gasteiger partial charge in [0.15, 0.2) is 0 Å². The fourth-order valence-electron chi connectivity index (χ4n) is 1.33. The van der Waals surface area contributed by atoms with Gasteiger partial charge in [0.05, 0.1) is 0 Å². The van der Waals surface area contributed by atoms with Crippen LogP contribution < -0.4 is 0 Å². The minimum atomic E-state index is -0.292. The predicted octanol–water partition coefficient (Wildman–Crippen LogP) is 0.239. The summed E-state index contributed by atoms with van der Waals surface area (Å²) < 4.78 is 0. The van der Waals surface area contributed by atoms with Crippen molar-refractivity contribution in [3.8, 4) is 0 Å². The number of carbonyl (C=O) groups excluding carboxylic acids is 1. The van der Waals surface area contributed by atoms with Gasteiger partial charge in [-0.05, 0) is 26.4 Å². The highest BCUT2D eigenvalue weighted by molar-refractivity contribution is 5.76. The van der Waals surface area contributed by atoms with E-state index in [9.17, 15) is 4.79 Å². The number of hydrogen-bond donors (Lipinski definition) is 0. The van der Waals surface area contributed by atoms with Crippen molar-refractivity contribution in [2.45, 2.75) is 18.9 Å². The third-order valence-electron chi connectivity index (χ3n) is 1.95. The molecular weight excluding hydrogens is 144 g/mol. The van der Waals surface area contributed by atoms with Gasteiger partial charge in [0.2, 0.25) is 0 Å².